The second-order valence-corrected chi connectivity index (χ2v) is 11.9. The SMILES string of the molecule is CC(C)[C@H](NC(=O)[C@H](CCCN=C(N)N)NC(=O)[C@@H](N)CCCN=C(N)N)C(=O)N[C@H](C(=O)N[C@@H](CCCN=C(N)N)C(=O)O)C(C)C. The lowest BCUT2D eigenvalue weighted by atomic mass is 9.98. The summed E-state index contributed by atoms with van der Waals surface area (Å²) < 4.78 is 0. The molecule has 0 saturated heterocycles. The molecule has 19 N–H and O–H groups in total. The van der Waals surface area contributed by atoms with Crippen LogP contribution in [0.4, 0.5) is 0 Å². The van der Waals surface area contributed by atoms with Crippen LogP contribution in [-0.4, -0.2) is 102 Å². The molecule has 0 unspecified atom stereocenters. The third-order valence-corrected chi connectivity index (χ3v) is 6.94. The lowest BCUT2D eigenvalue weighted by Crippen LogP contribution is -2.60. The van der Waals surface area contributed by atoms with Crippen molar-refractivity contribution in [1.82, 2.24) is 21.3 Å². The molecule has 48 heavy (non-hydrogen) atoms. The number of nitrogens with two attached hydrogens (primary N) is 7. The Balaban J connectivity index is 5.76. The average molecular weight is 685 g/mol. The second-order valence-electron chi connectivity index (χ2n) is 11.9. The van der Waals surface area contributed by atoms with Crippen LogP contribution in [0.2, 0.25) is 0 Å². The number of amides is 4. The summed E-state index contributed by atoms with van der Waals surface area (Å²) >= 11 is 0. The molecule has 5 atom stereocenters. The van der Waals surface area contributed by atoms with Crippen LogP contribution in [0.5, 0.6) is 0 Å². The fraction of sp³-hybridized carbons (Fsp3) is 0.714. The van der Waals surface area contributed by atoms with Crippen LogP contribution in [0.1, 0.15) is 66.2 Å². The molecule has 0 aliphatic heterocycles. The largest absolute Gasteiger partial charge is 0.480 e. The minimum atomic E-state index is -1.27. The second kappa shape index (κ2) is 22.6. The summed E-state index contributed by atoms with van der Waals surface area (Å²) in [5, 5.41) is 20.0. The van der Waals surface area contributed by atoms with Crippen molar-refractivity contribution in [3.8, 4) is 0 Å². The molecule has 274 valence electrons. The van der Waals surface area contributed by atoms with Gasteiger partial charge in [-0.3, -0.25) is 34.2 Å². The van der Waals surface area contributed by atoms with Crippen molar-refractivity contribution in [2.24, 2.45) is 66.9 Å². The minimum Gasteiger partial charge on any atom is -0.480 e. The summed E-state index contributed by atoms with van der Waals surface area (Å²) in [5.41, 5.74) is 38.0. The van der Waals surface area contributed by atoms with Crippen LogP contribution >= 0.6 is 0 Å². The Morgan fingerprint density at radius 3 is 1.29 bits per heavy atom. The Kier molecular flexibility index (Phi) is 20.3. The van der Waals surface area contributed by atoms with Crippen LogP contribution in [0.3, 0.4) is 0 Å². The normalized spacial score (nSPS) is 14.0. The van der Waals surface area contributed by atoms with E-state index in [1.807, 2.05) is 0 Å². The first kappa shape index (κ1) is 43.1. The molecule has 0 fully saturated rings. The summed E-state index contributed by atoms with van der Waals surface area (Å²) in [4.78, 5) is 76.3. The molecule has 0 aromatic heterocycles. The van der Waals surface area contributed by atoms with Gasteiger partial charge >= 0.3 is 5.97 Å². The number of guanidine groups is 3. The van der Waals surface area contributed by atoms with E-state index in [-0.39, 0.29) is 63.2 Å². The van der Waals surface area contributed by atoms with Gasteiger partial charge < -0.3 is 66.5 Å². The Bertz CT molecular complexity index is 1150. The van der Waals surface area contributed by atoms with Gasteiger partial charge in [0.05, 0.1) is 6.04 Å². The molecule has 0 radical (unpaired) electrons. The third kappa shape index (κ3) is 18.3. The Hall–Kier alpha value is -4.88. The number of aliphatic imine (C=N–C) groups is 3. The molecule has 0 rings (SSSR count). The number of hydrogen-bond acceptors (Lipinski definition) is 9. The average Bonchev–Trinajstić information content (AvgIpc) is 2.98. The highest BCUT2D eigenvalue weighted by Crippen LogP contribution is 2.10. The van der Waals surface area contributed by atoms with Crippen molar-refractivity contribution in [2.75, 3.05) is 19.6 Å². The fourth-order valence-corrected chi connectivity index (χ4v) is 4.29. The molecule has 0 bridgehead atoms. The Labute approximate surface area is 280 Å². The summed E-state index contributed by atoms with van der Waals surface area (Å²) in [7, 11) is 0. The maximum absolute atomic E-state index is 13.5. The molecule has 0 spiro atoms. The first-order chi connectivity index (χ1) is 22.4. The lowest BCUT2D eigenvalue weighted by molar-refractivity contribution is -0.143. The number of carboxylic acid groups (broad SMARTS) is 1. The van der Waals surface area contributed by atoms with E-state index in [0.717, 1.165) is 0 Å². The molecule has 20 heteroatoms. The van der Waals surface area contributed by atoms with E-state index in [4.69, 9.17) is 40.1 Å². The maximum Gasteiger partial charge on any atom is 0.326 e. The van der Waals surface area contributed by atoms with E-state index in [1.165, 1.54) is 0 Å². The van der Waals surface area contributed by atoms with Crippen molar-refractivity contribution in [2.45, 2.75) is 96.4 Å². The van der Waals surface area contributed by atoms with Gasteiger partial charge in [-0.1, -0.05) is 27.7 Å². The van der Waals surface area contributed by atoms with Crippen LogP contribution in [0.25, 0.3) is 0 Å². The smallest absolute Gasteiger partial charge is 0.326 e. The van der Waals surface area contributed by atoms with Gasteiger partial charge in [0, 0.05) is 19.6 Å². The topological polar surface area (TPSA) is 373 Å². The molecule has 4 amide bonds. The summed E-state index contributed by atoms with van der Waals surface area (Å²) in [6.07, 6.45) is 1.39. The van der Waals surface area contributed by atoms with Gasteiger partial charge in [0.15, 0.2) is 17.9 Å². The highest BCUT2D eigenvalue weighted by atomic mass is 16.4. The summed E-state index contributed by atoms with van der Waals surface area (Å²) in [5.74, 6) is -5.22. The van der Waals surface area contributed by atoms with Gasteiger partial charge in [0.2, 0.25) is 23.6 Å². The van der Waals surface area contributed by atoms with E-state index >= 15 is 0 Å². The van der Waals surface area contributed by atoms with Gasteiger partial charge in [-0.25, -0.2) is 4.79 Å². The first-order valence-corrected chi connectivity index (χ1v) is 15.7. The van der Waals surface area contributed by atoms with E-state index in [9.17, 15) is 29.1 Å². The zero-order valence-corrected chi connectivity index (χ0v) is 28.3. The summed E-state index contributed by atoms with van der Waals surface area (Å²) in [6, 6.07) is -5.60. The maximum atomic E-state index is 13.5. The van der Waals surface area contributed by atoms with Crippen molar-refractivity contribution < 1.29 is 29.1 Å². The predicted molar refractivity (Wildman–Crippen MR) is 183 cm³/mol. The number of nitrogens with one attached hydrogen (secondary N) is 4. The Morgan fingerprint density at radius 1 is 0.542 bits per heavy atom. The van der Waals surface area contributed by atoms with Crippen LogP contribution in [0, 0.1) is 11.8 Å². The van der Waals surface area contributed by atoms with Gasteiger partial charge in [0.1, 0.15) is 24.2 Å². The predicted octanol–water partition coefficient (Wildman–Crippen LogP) is -4.19. The summed E-state index contributed by atoms with van der Waals surface area (Å²) in [6.45, 7) is 7.33. The quantitative estimate of drug-likeness (QED) is 0.0276. The number of carbonyl (C=O) groups is 5. The van der Waals surface area contributed by atoms with Crippen molar-refractivity contribution in [1.29, 1.82) is 0 Å². The van der Waals surface area contributed by atoms with Crippen molar-refractivity contribution >= 4 is 47.5 Å². The van der Waals surface area contributed by atoms with E-state index in [1.54, 1.807) is 27.7 Å². The highest BCUT2D eigenvalue weighted by molar-refractivity contribution is 5.95. The third-order valence-electron chi connectivity index (χ3n) is 6.94. The standard InChI is InChI=1S/C28H56N14O6/c1-14(2)19(23(45)40-18(25(47)48)10-7-13-38-28(34)35)42-24(46)20(15(3)4)41-22(44)17(9-6-12-37-27(32)33)39-21(43)16(29)8-5-11-36-26(30)31/h14-20H,5-13,29H2,1-4H3,(H,39,43)(H,40,45)(H,41,44)(H,42,46)(H,47,48)(H4,30,31,36)(H4,32,33,37)(H4,34,35,38)/t16-,17-,18-,19-,20-/m0/s1. The molecule has 0 aliphatic rings. The molecule has 0 aromatic carbocycles. The lowest BCUT2D eigenvalue weighted by Gasteiger charge is -2.29. The van der Waals surface area contributed by atoms with Crippen LogP contribution in [-0.2, 0) is 24.0 Å². The van der Waals surface area contributed by atoms with Gasteiger partial charge in [0.25, 0.3) is 0 Å². The molecular formula is C28H56N14O6. The van der Waals surface area contributed by atoms with E-state index in [2.05, 4.69) is 36.2 Å². The van der Waals surface area contributed by atoms with Gasteiger partial charge in [-0.15, -0.1) is 0 Å². The van der Waals surface area contributed by atoms with Crippen molar-refractivity contribution in [3.05, 3.63) is 0 Å². The zero-order chi connectivity index (χ0) is 37.0. The first-order valence-electron chi connectivity index (χ1n) is 15.7. The van der Waals surface area contributed by atoms with Crippen LogP contribution < -0.4 is 61.4 Å². The number of carboxylic acids is 1. The van der Waals surface area contributed by atoms with Gasteiger partial charge in [-0.05, 0) is 50.4 Å². The molecule has 0 heterocycles. The minimum absolute atomic E-state index is 0.0392. The van der Waals surface area contributed by atoms with Crippen molar-refractivity contribution in [3.63, 3.8) is 0 Å². The monoisotopic (exact) mass is 684 g/mol. The molecule has 0 saturated carbocycles. The van der Waals surface area contributed by atoms with E-state index < -0.39 is 71.6 Å². The molecule has 0 aromatic rings. The Morgan fingerprint density at radius 2 is 0.896 bits per heavy atom. The fourth-order valence-electron chi connectivity index (χ4n) is 4.29. The number of aliphatic carboxylic acids is 1. The van der Waals surface area contributed by atoms with Gasteiger partial charge in [-0.2, -0.15) is 0 Å². The van der Waals surface area contributed by atoms with E-state index in [0.29, 0.717) is 12.8 Å². The zero-order valence-electron chi connectivity index (χ0n) is 28.3. The molecular weight excluding hydrogens is 628 g/mol. The molecule has 20 nitrogen and oxygen atoms in total. The number of hydrogen-bond donors (Lipinski definition) is 12. The number of nitrogens with zero attached hydrogens (tertiary/aromatic N) is 3. The van der Waals surface area contributed by atoms with Crippen LogP contribution in [0.15, 0.2) is 15.0 Å². The molecule has 0 aliphatic carbocycles. The highest BCUT2D eigenvalue weighted by Gasteiger charge is 2.34. The number of carbonyl (C=O) groups excluding carboxylic acids is 4. The number of rotatable bonds is 23.